The standard InChI is InChI=1S/C30H38N2O7.C5H14N2/c1-18(33)32-22-10-8-19-14-25(37-2)28(38-3)29(39-4)27(19)20-9-11-23(24(34)15-21(20)22)31-17-30(16-26(35)36)12-6-5-7-13-30;1-6(2)5-7(3)4/h9,11,14-15,22H,5-8,10,12-13,16-17H2,1-4H3,(H,31,34)(H,32,33)(H,35,36);5H2,1-4H3/t22-;/m0./s1. The van der Waals surface area contributed by atoms with Gasteiger partial charge in [0.05, 0.1) is 47.2 Å². The highest BCUT2D eigenvalue weighted by atomic mass is 16.5. The molecule has 2 aliphatic carbocycles. The third-order valence-electron chi connectivity index (χ3n) is 8.64. The second-order valence-electron chi connectivity index (χ2n) is 13.0. The van der Waals surface area contributed by atoms with Crippen LogP contribution in [0.3, 0.4) is 0 Å². The molecule has 0 aromatic heterocycles. The number of aliphatic carboxylic acids is 1. The summed E-state index contributed by atoms with van der Waals surface area (Å²) in [5.41, 5.74) is 2.82. The molecule has 0 radical (unpaired) electrons. The summed E-state index contributed by atoms with van der Waals surface area (Å²) in [5, 5.41) is 17.8. The first-order valence-electron chi connectivity index (χ1n) is 16.0. The summed E-state index contributed by atoms with van der Waals surface area (Å²) in [6.45, 7) is 2.93. The van der Waals surface area contributed by atoms with E-state index in [9.17, 15) is 19.5 Å². The average molecular weight is 641 g/mol. The lowest BCUT2D eigenvalue weighted by molar-refractivity contribution is -0.868. The summed E-state index contributed by atoms with van der Waals surface area (Å²) in [6.07, 6.45) is 5.67. The molecule has 2 aromatic carbocycles. The molecular weight excluding hydrogens is 588 g/mol. The van der Waals surface area contributed by atoms with Gasteiger partial charge in [0.1, 0.15) is 6.67 Å². The minimum Gasteiger partial charge on any atom is -0.550 e. The smallest absolute Gasteiger partial charge is 0.217 e. The van der Waals surface area contributed by atoms with Crippen LogP contribution in [0.4, 0.5) is 5.69 Å². The van der Waals surface area contributed by atoms with Crippen LogP contribution in [0, 0.1) is 5.41 Å². The number of hydrogen-bond donors (Lipinski definition) is 3. The number of hydrogen-bond acceptors (Lipinski definition) is 9. The number of nitrogens with one attached hydrogen (secondary N) is 3. The highest BCUT2D eigenvalue weighted by Gasteiger charge is 2.33. The van der Waals surface area contributed by atoms with Crippen molar-refractivity contribution in [3.05, 3.63) is 45.6 Å². The number of amides is 1. The first-order valence-corrected chi connectivity index (χ1v) is 16.0. The fourth-order valence-electron chi connectivity index (χ4n) is 6.79. The number of carboxylic acid groups (broad SMARTS) is 1. The fourth-order valence-corrected chi connectivity index (χ4v) is 6.79. The zero-order valence-corrected chi connectivity index (χ0v) is 28.8. The van der Waals surface area contributed by atoms with Gasteiger partial charge >= 0.3 is 0 Å². The number of carbonyl (C=O) groups excluding carboxylic acids is 2. The maximum Gasteiger partial charge on any atom is 0.217 e. The maximum absolute atomic E-state index is 13.5. The summed E-state index contributed by atoms with van der Waals surface area (Å²) in [5.74, 6) is 0.192. The Bertz CT molecular complexity index is 1410. The Morgan fingerprint density at radius 1 is 1.02 bits per heavy atom. The van der Waals surface area contributed by atoms with Crippen molar-refractivity contribution < 1.29 is 33.8 Å². The zero-order valence-electron chi connectivity index (χ0n) is 28.8. The first kappa shape index (κ1) is 36.6. The van der Waals surface area contributed by atoms with Crippen molar-refractivity contribution in [1.29, 1.82) is 0 Å². The van der Waals surface area contributed by atoms with Crippen molar-refractivity contribution in [3.63, 3.8) is 0 Å². The molecule has 0 bridgehead atoms. The molecule has 11 heteroatoms. The zero-order chi connectivity index (χ0) is 34.0. The van der Waals surface area contributed by atoms with E-state index >= 15 is 0 Å². The number of quaternary nitrogens is 1. The lowest BCUT2D eigenvalue weighted by Gasteiger charge is -2.38. The van der Waals surface area contributed by atoms with Crippen LogP contribution in [0.25, 0.3) is 11.1 Å². The molecular formula is C35H52N4O7. The molecule has 1 fully saturated rings. The quantitative estimate of drug-likeness (QED) is 0.316. The molecule has 3 N–H and O–H groups in total. The molecule has 4 rings (SSSR count). The third kappa shape index (κ3) is 9.35. The van der Waals surface area contributed by atoms with Crippen LogP contribution < -0.4 is 40.3 Å². The topological polar surface area (TPSA) is 134 Å². The van der Waals surface area contributed by atoms with Crippen molar-refractivity contribution in [2.24, 2.45) is 5.41 Å². The molecule has 0 unspecified atom stereocenters. The van der Waals surface area contributed by atoms with Gasteiger partial charge in [-0.25, -0.2) is 0 Å². The van der Waals surface area contributed by atoms with E-state index in [4.69, 9.17) is 14.2 Å². The van der Waals surface area contributed by atoms with Gasteiger partial charge in [0.25, 0.3) is 0 Å². The number of carbonyl (C=O) groups is 2. The average Bonchev–Trinajstić information content (AvgIpc) is 3.23. The summed E-state index contributed by atoms with van der Waals surface area (Å²) >= 11 is 0. The molecule has 2 aliphatic rings. The highest BCUT2D eigenvalue weighted by Crippen LogP contribution is 2.50. The van der Waals surface area contributed by atoms with E-state index < -0.39 is 17.4 Å². The molecule has 2 aromatic rings. The lowest BCUT2D eigenvalue weighted by atomic mass is 9.71. The molecule has 0 spiro atoms. The molecule has 1 saturated carbocycles. The molecule has 1 amide bonds. The van der Waals surface area contributed by atoms with E-state index in [0.717, 1.165) is 55.5 Å². The molecule has 46 heavy (non-hydrogen) atoms. The van der Waals surface area contributed by atoms with Crippen LogP contribution in [-0.2, 0) is 16.0 Å². The first-order chi connectivity index (χ1) is 21.8. The number of fused-ring (bicyclic) bond motifs is 3. The molecule has 0 saturated heterocycles. The van der Waals surface area contributed by atoms with Gasteiger partial charge in [-0.2, -0.15) is 0 Å². The Balaban J connectivity index is 0.000000738. The number of nitrogens with zero attached hydrogens (tertiary/aromatic N) is 1. The molecule has 1 atom stereocenters. The van der Waals surface area contributed by atoms with E-state index in [1.165, 1.54) is 11.8 Å². The molecule has 254 valence electrons. The Hall–Kier alpha value is -3.83. The number of methoxy groups -OCH3 is 3. The summed E-state index contributed by atoms with van der Waals surface area (Å²) in [6, 6.07) is 6.66. The van der Waals surface area contributed by atoms with Crippen molar-refractivity contribution in [3.8, 4) is 28.4 Å². The van der Waals surface area contributed by atoms with Gasteiger partial charge in [-0.15, -0.1) is 0 Å². The van der Waals surface area contributed by atoms with E-state index in [1.807, 2.05) is 12.1 Å². The SMILES string of the molecule is CN(C)C[NH+](C)C.COc1cc2c(c(OC)c1OC)-c1ccc(NCC3(CC(=O)[O-])CCCCC3)c(=O)cc1[C@@H](NC(C)=O)CC2. The Kier molecular flexibility index (Phi) is 13.3. The number of rotatable bonds is 11. The molecule has 0 heterocycles. The second kappa shape index (κ2) is 16.6. The maximum atomic E-state index is 13.5. The Morgan fingerprint density at radius 2 is 1.70 bits per heavy atom. The normalized spacial score (nSPS) is 16.6. The van der Waals surface area contributed by atoms with Crippen LogP contribution in [0.5, 0.6) is 17.2 Å². The number of aryl methyl sites for hydroxylation is 1. The number of anilines is 1. The van der Waals surface area contributed by atoms with Gasteiger partial charge in [0.15, 0.2) is 11.5 Å². The molecule has 0 aliphatic heterocycles. The predicted octanol–water partition coefficient (Wildman–Crippen LogP) is 2.02. The van der Waals surface area contributed by atoms with Crippen LogP contribution in [-0.4, -0.2) is 79.5 Å². The minimum atomic E-state index is -1.07. The van der Waals surface area contributed by atoms with Gasteiger partial charge in [-0.3, -0.25) is 14.5 Å². The van der Waals surface area contributed by atoms with Gasteiger partial charge in [0, 0.05) is 25.0 Å². The van der Waals surface area contributed by atoms with Crippen molar-refractivity contribution >= 4 is 17.6 Å². The lowest BCUT2D eigenvalue weighted by Crippen LogP contribution is -3.07. The van der Waals surface area contributed by atoms with Gasteiger partial charge in [0.2, 0.25) is 17.1 Å². The van der Waals surface area contributed by atoms with E-state index in [1.54, 1.807) is 33.5 Å². The minimum absolute atomic E-state index is 0.0412. The van der Waals surface area contributed by atoms with E-state index in [-0.39, 0.29) is 17.8 Å². The van der Waals surface area contributed by atoms with Crippen LogP contribution in [0.2, 0.25) is 0 Å². The Morgan fingerprint density at radius 3 is 2.22 bits per heavy atom. The second-order valence-corrected chi connectivity index (χ2v) is 13.0. The molecule has 11 nitrogen and oxygen atoms in total. The predicted molar refractivity (Wildman–Crippen MR) is 178 cm³/mol. The van der Waals surface area contributed by atoms with E-state index in [0.29, 0.717) is 47.9 Å². The summed E-state index contributed by atoms with van der Waals surface area (Å²) < 4.78 is 17.0. The van der Waals surface area contributed by atoms with Crippen LogP contribution in [0.1, 0.15) is 69.0 Å². The summed E-state index contributed by atoms with van der Waals surface area (Å²) in [7, 11) is 13.1. The van der Waals surface area contributed by atoms with Crippen molar-refractivity contribution in [2.45, 2.75) is 64.3 Å². The monoisotopic (exact) mass is 640 g/mol. The summed E-state index contributed by atoms with van der Waals surface area (Å²) in [4.78, 5) is 40.9. The van der Waals surface area contributed by atoms with Crippen LogP contribution in [0.15, 0.2) is 29.1 Å². The van der Waals surface area contributed by atoms with Gasteiger partial charge < -0.3 is 39.6 Å². The number of ether oxygens (including phenoxy) is 3. The van der Waals surface area contributed by atoms with Gasteiger partial charge in [-0.1, -0.05) is 25.3 Å². The largest absolute Gasteiger partial charge is 0.550 e. The van der Waals surface area contributed by atoms with Crippen molar-refractivity contribution in [2.75, 3.05) is 68.1 Å². The van der Waals surface area contributed by atoms with Gasteiger partial charge in [-0.05, 0) is 86.5 Å². The number of carboxylic acids is 1. The highest BCUT2D eigenvalue weighted by molar-refractivity contribution is 5.83. The van der Waals surface area contributed by atoms with Crippen molar-refractivity contribution in [1.82, 2.24) is 10.2 Å². The fraction of sp³-hybridized carbons (Fsp3) is 0.571. The van der Waals surface area contributed by atoms with Crippen LogP contribution >= 0.6 is 0 Å². The van der Waals surface area contributed by atoms with E-state index in [2.05, 4.69) is 43.7 Å². The Labute approximate surface area is 273 Å². The third-order valence-corrected chi connectivity index (χ3v) is 8.64. The number of benzene rings is 1.